The second-order valence-corrected chi connectivity index (χ2v) is 8.11. The third kappa shape index (κ3) is 3.69. The molecular weight excluding hydrogens is 396 g/mol. The number of aromatic nitrogens is 6. The number of nitrogens with zero attached hydrogens (tertiary/aromatic N) is 7. The fourth-order valence-corrected chi connectivity index (χ4v) is 4.37. The monoisotopic (exact) mass is 420 g/mol. The maximum atomic E-state index is 12.8. The number of hydrogen-bond donors (Lipinski definition) is 1. The molecular formula is C21H24N8O2. The van der Waals surface area contributed by atoms with Crippen molar-refractivity contribution in [1.82, 2.24) is 34.4 Å². The molecule has 5 rings (SSSR count). The van der Waals surface area contributed by atoms with Crippen molar-refractivity contribution in [3.63, 3.8) is 0 Å². The Morgan fingerprint density at radius 3 is 2.74 bits per heavy atom. The largest absolute Gasteiger partial charge is 0.325 e. The number of aryl methyl sites for hydroxylation is 1. The van der Waals surface area contributed by atoms with Crippen molar-refractivity contribution in [2.24, 2.45) is 0 Å². The average Bonchev–Trinajstić information content (AvgIpc) is 3.53. The van der Waals surface area contributed by atoms with Gasteiger partial charge in [0.15, 0.2) is 11.6 Å². The molecule has 1 N–H and O–H groups in total. The van der Waals surface area contributed by atoms with E-state index in [0.29, 0.717) is 30.6 Å². The fraction of sp³-hybridized carbons (Fsp3) is 0.429. The Hall–Kier alpha value is -3.56. The van der Waals surface area contributed by atoms with Gasteiger partial charge < -0.3 is 14.8 Å². The van der Waals surface area contributed by atoms with E-state index in [1.54, 1.807) is 18.5 Å². The zero-order valence-corrected chi connectivity index (χ0v) is 17.4. The zero-order valence-electron chi connectivity index (χ0n) is 17.4. The molecule has 0 atom stereocenters. The molecule has 4 heterocycles. The third-order valence-corrected chi connectivity index (χ3v) is 5.99. The summed E-state index contributed by atoms with van der Waals surface area (Å²) in [5, 5.41) is 15.6. The molecule has 3 aromatic heterocycles. The molecule has 2 amide bonds. The van der Waals surface area contributed by atoms with Crippen LogP contribution in [0, 0.1) is 6.92 Å². The van der Waals surface area contributed by atoms with Crippen LogP contribution in [0.3, 0.4) is 0 Å². The van der Waals surface area contributed by atoms with Gasteiger partial charge in [-0.1, -0.05) is 12.8 Å². The van der Waals surface area contributed by atoms with Crippen LogP contribution in [0.1, 0.15) is 48.8 Å². The number of amides is 2. The normalized spacial score (nSPS) is 16.4. The van der Waals surface area contributed by atoms with E-state index in [4.69, 9.17) is 0 Å². The molecule has 0 unspecified atom stereocenters. The van der Waals surface area contributed by atoms with Gasteiger partial charge >= 0.3 is 11.8 Å². The van der Waals surface area contributed by atoms with Gasteiger partial charge in [-0.25, -0.2) is 4.98 Å². The molecule has 31 heavy (non-hydrogen) atoms. The lowest BCUT2D eigenvalue weighted by Gasteiger charge is -2.28. The summed E-state index contributed by atoms with van der Waals surface area (Å²) in [6.07, 6.45) is 7.97. The molecule has 0 saturated heterocycles. The molecule has 0 spiro atoms. The quantitative estimate of drug-likeness (QED) is 0.647. The number of pyridine rings is 1. The van der Waals surface area contributed by atoms with E-state index in [1.165, 1.54) is 22.4 Å². The SMILES string of the molecule is Cc1ccnc(-n2nccc2NC(=O)C(=O)N2CCn3c(nnc3C3CCCC3)C2)c1. The van der Waals surface area contributed by atoms with Gasteiger partial charge in [-0.3, -0.25) is 9.59 Å². The summed E-state index contributed by atoms with van der Waals surface area (Å²) in [5.41, 5.74) is 1.02. The van der Waals surface area contributed by atoms with Crippen LogP contribution in [0.25, 0.3) is 5.82 Å². The predicted octanol–water partition coefficient (Wildman–Crippen LogP) is 1.81. The van der Waals surface area contributed by atoms with Gasteiger partial charge in [-0.15, -0.1) is 10.2 Å². The van der Waals surface area contributed by atoms with Gasteiger partial charge in [0.25, 0.3) is 0 Å². The zero-order chi connectivity index (χ0) is 21.4. The number of rotatable bonds is 3. The third-order valence-electron chi connectivity index (χ3n) is 5.99. The number of carbonyl (C=O) groups excluding carboxylic acids is 2. The van der Waals surface area contributed by atoms with Gasteiger partial charge in [0.2, 0.25) is 0 Å². The van der Waals surface area contributed by atoms with E-state index >= 15 is 0 Å². The van der Waals surface area contributed by atoms with E-state index in [0.717, 1.165) is 30.1 Å². The molecule has 1 aliphatic carbocycles. The Morgan fingerprint density at radius 2 is 1.94 bits per heavy atom. The second-order valence-electron chi connectivity index (χ2n) is 8.11. The fourth-order valence-electron chi connectivity index (χ4n) is 4.37. The molecule has 0 radical (unpaired) electrons. The van der Waals surface area contributed by atoms with Crippen LogP contribution < -0.4 is 5.32 Å². The van der Waals surface area contributed by atoms with Gasteiger partial charge in [0.05, 0.1) is 12.7 Å². The lowest BCUT2D eigenvalue weighted by Crippen LogP contribution is -2.44. The molecule has 3 aromatic rings. The summed E-state index contributed by atoms with van der Waals surface area (Å²) in [6.45, 7) is 3.29. The first kappa shape index (κ1) is 19.4. The molecule has 10 heteroatoms. The highest BCUT2D eigenvalue weighted by Gasteiger charge is 2.31. The van der Waals surface area contributed by atoms with Crippen LogP contribution >= 0.6 is 0 Å². The van der Waals surface area contributed by atoms with Gasteiger partial charge in [0.1, 0.15) is 11.6 Å². The summed E-state index contributed by atoms with van der Waals surface area (Å²) in [7, 11) is 0. The van der Waals surface area contributed by atoms with Crippen LogP contribution in [0.4, 0.5) is 5.82 Å². The highest BCUT2D eigenvalue weighted by atomic mass is 16.2. The molecule has 0 bridgehead atoms. The summed E-state index contributed by atoms with van der Waals surface area (Å²) >= 11 is 0. The van der Waals surface area contributed by atoms with Crippen LogP contribution in [0.5, 0.6) is 0 Å². The summed E-state index contributed by atoms with van der Waals surface area (Å²) in [4.78, 5) is 31.3. The molecule has 10 nitrogen and oxygen atoms in total. The minimum Gasteiger partial charge on any atom is -0.325 e. The Bertz CT molecular complexity index is 1130. The Balaban J connectivity index is 1.28. The Kier molecular flexibility index (Phi) is 4.97. The van der Waals surface area contributed by atoms with Crippen LogP contribution in [-0.2, 0) is 22.7 Å². The summed E-state index contributed by atoms with van der Waals surface area (Å²) in [5.74, 6) is 1.88. The topological polar surface area (TPSA) is 111 Å². The van der Waals surface area contributed by atoms with Crippen molar-refractivity contribution in [3.05, 3.63) is 47.8 Å². The van der Waals surface area contributed by atoms with E-state index in [-0.39, 0.29) is 6.54 Å². The van der Waals surface area contributed by atoms with Crippen LogP contribution in [0.15, 0.2) is 30.6 Å². The smallest absolute Gasteiger partial charge is 0.315 e. The van der Waals surface area contributed by atoms with E-state index < -0.39 is 11.8 Å². The van der Waals surface area contributed by atoms with Gasteiger partial charge in [0, 0.05) is 31.3 Å². The van der Waals surface area contributed by atoms with Crippen LogP contribution in [0.2, 0.25) is 0 Å². The maximum absolute atomic E-state index is 12.8. The minimum absolute atomic E-state index is 0.282. The van der Waals surface area contributed by atoms with Crippen molar-refractivity contribution >= 4 is 17.6 Å². The maximum Gasteiger partial charge on any atom is 0.315 e. The minimum atomic E-state index is -0.710. The Morgan fingerprint density at radius 1 is 1.10 bits per heavy atom. The lowest BCUT2D eigenvalue weighted by molar-refractivity contribution is -0.144. The van der Waals surface area contributed by atoms with Crippen molar-refractivity contribution in [1.29, 1.82) is 0 Å². The first-order valence-electron chi connectivity index (χ1n) is 10.6. The number of nitrogens with one attached hydrogen (secondary N) is 1. The van der Waals surface area contributed by atoms with Crippen molar-refractivity contribution in [3.8, 4) is 5.82 Å². The molecule has 160 valence electrons. The average molecular weight is 420 g/mol. The highest BCUT2D eigenvalue weighted by Crippen LogP contribution is 2.34. The number of carbonyl (C=O) groups is 2. The van der Waals surface area contributed by atoms with Gasteiger partial charge in [-0.05, 0) is 37.5 Å². The highest BCUT2D eigenvalue weighted by molar-refractivity contribution is 6.39. The second kappa shape index (κ2) is 7.93. The predicted molar refractivity (Wildman–Crippen MR) is 111 cm³/mol. The Labute approximate surface area is 179 Å². The number of hydrogen-bond acceptors (Lipinski definition) is 6. The molecule has 1 aliphatic heterocycles. The van der Waals surface area contributed by atoms with Gasteiger partial charge in [-0.2, -0.15) is 9.78 Å². The van der Waals surface area contributed by atoms with E-state index in [1.807, 2.05) is 19.1 Å². The first-order valence-corrected chi connectivity index (χ1v) is 10.6. The van der Waals surface area contributed by atoms with Crippen molar-refractivity contribution < 1.29 is 9.59 Å². The number of fused-ring (bicyclic) bond motifs is 1. The van der Waals surface area contributed by atoms with E-state index in [9.17, 15) is 9.59 Å². The first-order chi connectivity index (χ1) is 15.1. The standard InChI is InChI=1S/C21H24N8O2/c1-14-6-8-22-17(12-14)29-16(7-9-23-29)24-20(30)21(31)27-10-11-28-18(13-27)25-26-19(28)15-4-2-3-5-15/h6-9,12,15H,2-5,10-11,13H2,1H3,(H,24,30). The van der Waals surface area contributed by atoms with Crippen molar-refractivity contribution in [2.75, 3.05) is 11.9 Å². The summed E-state index contributed by atoms with van der Waals surface area (Å²) in [6, 6.07) is 5.36. The van der Waals surface area contributed by atoms with Crippen molar-refractivity contribution in [2.45, 2.75) is 51.6 Å². The molecule has 1 saturated carbocycles. The molecule has 2 aliphatic rings. The van der Waals surface area contributed by atoms with Crippen LogP contribution in [-0.4, -0.2) is 52.8 Å². The number of anilines is 1. The molecule has 0 aromatic carbocycles. The van der Waals surface area contributed by atoms with E-state index in [2.05, 4.69) is 30.2 Å². The lowest BCUT2D eigenvalue weighted by atomic mass is 10.1. The molecule has 1 fully saturated rings. The summed E-state index contributed by atoms with van der Waals surface area (Å²) < 4.78 is 3.62.